The van der Waals surface area contributed by atoms with Crippen LogP contribution in [0.2, 0.25) is 0 Å². The molecule has 0 unspecified atom stereocenters. The Balaban J connectivity index is 2.09. The normalized spacial score (nSPS) is 15.7. The Morgan fingerprint density at radius 1 is 1.32 bits per heavy atom. The second-order valence-electron chi connectivity index (χ2n) is 8.02. The summed E-state index contributed by atoms with van der Waals surface area (Å²) in [6.07, 6.45) is 2.53. The summed E-state index contributed by atoms with van der Waals surface area (Å²) in [5.74, 6) is 0.525. The molecule has 25 heavy (non-hydrogen) atoms. The highest BCUT2D eigenvalue weighted by Crippen LogP contribution is 2.31. The van der Waals surface area contributed by atoms with Gasteiger partial charge in [0.05, 0.1) is 0 Å². The van der Waals surface area contributed by atoms with Gasteiger partial charge in [0.1, 0.15) is 0 Å². The lowest BCUT2D eigenvalue weighted by atomic mass is 9.92. The predicted octanol–water partition coefficient (Wildman–Crippen LogP) is 4.35. The Morgan fingerprint density at radius 3 is 2.60 bits per heavy atom. The molecule has 5 heteroatoms. The monoisotopic (exact) mass is 403 g/mol. The zero-order valence-electron chi connectivity index (χ0n) is 15.6. The smallest absolute Gasteiger partial charge is 0.279 e. The van der Waals surface area contributed by atoms with Gasteiger partial charge in [0.2, 0.25) is 0 Å². The number of aromatic nitrogens is 2. The summed E-state index contributed by atoms with van der Waals surface area (Å²) >= 11 is 3.49. The van der Waals surface area contributed by atoms with Gasteiger partial charge in [0.15, 0.2) is 5.49 Å². The van der Waals surface area contributed by atoms with Crippen molar-refractivity contribution in [1.82, 2.24) is 9.36 Å². The minimum atomic E-state index is -0.186. The Labute approximate surface area is 157 Å². The van der Waals surface area contributed by atoms with E-state index in [-0.39, 0.29) is 11.3 Å². The number of amides is 1. The number of hydrogen-bond acceptors (Lipinski definition) is 1. The third-order valence-corrected chi connectivity index (χ3v) is 5.71. The number of halogens is 1. The van der Waals surface area contributed by atoms with Crippen molar-refractivity contribution in [3.05, 3.63) is 51.0 Å². The van der Waals surface area contributed by atoms with Crippen LogP contribution < -0.4 is 5.49 Å². The highest BCUT2D eigenvalue weighted by molar-refractivity contribution is 9.10. The SMILES string of the molecule is Cc1c(Br)cccc1C(=O)N=c1cc(C(C)(C)C)n(C)n1CC1CC1. The zero-order chi connectivity index (χ0) is 18.4. The van der Waals surface area contributed by atoms with Crippen LogP contribution in [0.5, 0.6) is 0 Å². The van der Waals surface area contributed by atoms with Crippen LogP contribution in [0.25, 0.3) is 0 Å². The molecular formula is C20H26BrN3O. The van der Waals surface area contributed by atoms with Crippen LogP contribution in [-0.4, -0.2) is 15.3 Å². The van der Waals surface area contributed by atoms with Crippen molar-refractivity contribution < 1.29 is 4.79 Å². The van der Waals surface area contributed by atoms with E-state index in [2.05, 4.69) is 64.2 Å². The van der Waals surface area contributed by atoms with Crippen LogP contribution >= 0.6 is 15.9 Å². The van der Waals surface area contributed by atoms with Crippen molar-refractivity contribution >= 4 is 21.8 Å². The Bertz CT molecular complexity index is 879. The standard InChI is InChI=1S/C20H26BrN3O/c1-13-15(7-6-8-16(13)21)19(25)22-18-11-17(20(2,3)4)23(5)24(18)12-14-9-10-14/h6-8,11,14H,9-10,12H2,1-5H3. The Hall–Kier alpha value is -1.62. The van der Waals surface area contributed by atoms with E-state index in [1.54, 1.807) is 0 Å². The maximum atomic E-state index is 12.8. The molecule has 1 aliphatic rings. The number of rotatable bonds is 3. The number of nitrogens with zero attached hydrogens (tertiary/aromatic N) is 3. The van der Waals surface area contributed by atoms with Crippen LogP contribution in [0.3, 0.4) is 0 Å². The first-order chi connectivity index (χ1) is 11.7. The van der Waals surface area contributed by atoms with E-state index in [4.69, 9.17) is 0 Å². The molecule has 1 saturated carbocycles. The lowest BCUT2D eigenvalue weighted by Crippen LogP contribution is -2.26. The average Bonchev–Trinajstić information content (AvgIpc) is 3.28. The quantitative estimate of drug-likeness (QED) is 0.750. The van der Waals surface area contributed by atoms with Crippen molar-refractivity contribution in [1.29, 1.82) is 0 Å². The fourth-order valence-electron chi connectivity index (χ4n) is 3.13. The predicted molar refractivity (Wildman–Crippen MR) is 104 cm³/mol. The lowest BCUT2D eigenvalue weighted by Gasteiger charge is -2.20. The molecule has 0 saturated heterocycles. The molecule has 0 atom stereocenters. The molecule has 1 aromatic heterocycles. The van der Waals surface area contributed by atoms with Crippen LogP contribution in [0, 0.1) is 12.8 Å². The molecule has 2 aromatic rings. The van der Waals surface area contributed by atoms with E-state index in [0.717, 1.165) is 22.1 Å². The summed E-state index contributed by atoms with van der Waals surface area (Å²) in [6.45, 7) is 9.43. The van der Waals surface area contributed by atoms with Gasteiger partial charge in [-0.1, -0.05) is 42.8 Å². The first-order valence-corrected chi connectivity index (χ1v) is 9.59. The molecule has 0 bridgehead atoms. The summed E-state index contributed by atoms with van der Waals surface area (Å²) in [5.41, 5.74) is 3.52. The van der Waals surface area contributed by atoms with Crippen molar-refractivity contribution in [3.8, 4) is 0 Å². The van der Waals surface area contributed by atoms with Crippen LogP contribution in [-0.2, 0) is 19.0 Å². The second-order valence-corrected chi connectivity index (χ2v) is 8.87. The number of carbonyl (C=O) groups is 1. The second kappa shape index (κ2) is 6.60. The molecule has 1 amide bonds. The van der Waals surface area contributed by atoms with Gasteiger partial charge in [-0.3, -0.25) is 14.2 Å². The summed E-state index contributed by atoms with van der Waals surface area (Å²) in [7, 11) is 2.07. The van der Waals surface area contributed by atoms with Gasteiger partial charge >= 0.3 is 0 Å². The van der Waals surface area contributed by atoms with Gasteiger partial charge in [0, 0.05) is 40.8 Å². The van der Waals surface area contributed by atoms with Gasteiger partial charge in [-0.05, 0) is 43.4 Å². The molecule has 1 fully saturated rings. The van der Waals surface area contributed by atoms with Gasteiger partial charge in [-0.15, -0.1) is 0 Å². The molecule has 1 heterocycles. The molecule has 0 N–H and O–H groups in total. The maximum Gasteiger partial charge on any atom is 0.279 e. The highest BCUT2D eigenvalue weighted by Gasteiger charge is 2.26. The van der Waals surface area contributed by atoms with Crippen LogP contribution in [0.15, 0.2) is 33.7 Å². The van der Waals surface area contributed by atoms with Gasteiger partial charge in [-0.25, -0.2) is 0 Å². The minimum absolute atomic E-state index is 0.00254. The summed E-state index contributed by atoms with van der Waals surface area (Å²) in [6, 6.07) is 7.72. The molecule has 0 spiro atoms. The minimum Gasteiger partial charge on any atom is -0.291 e. The topological polar surface area (TPSA) is 39.3 Å². The summed E-state index contributed by atoms with van der Waals surface area (Å²) < 4.78 is 5.25. The molecule has 0 radical (unpaired) electrons. The first kappa shape index (κ1) is 18.2. The third kappa shape index (κ3) is 3.81. The molecule has 1 aliphatic carbocycles. The van der Waals surface area contributed by atoms with E-state index in [1.807, 2.05) is 25.1 Å². The molecule has 0 aliphatic heterocycles. The van der Waals surface area contributed by atoms with Gasteiger partial charge < -0.3 is 0 Å². The van der Waals surface area contributed by atoms with Crippen molar-refractivity contribution in [2.45, 2.75) is 52.5 Å². The van der Waals surface area contributed by atoms with E-state index in [0.29, 0.717) is 11.5 Å². The molecular weight excluding hydrogens is 378 g/mol. The van der Waals surface area contributed by atoms with Crippen molar-refractivity contribution in [2.24, 2.45) is 18.0 Å². The van der Waals surface area contributed by atoms with Crippen molar-refractivity contribution in [2.75, 3.05) is 0 Å². The Morgan fingerprint density at radius 2 is 2.00 bits per heavy atom. The summed E-state index contributed by atoms with van der Waals surface area (Å²) in [5, 5.41) is 0. The Kier molecular flexibility index (Phi) is 4.80. The number of carbonyl (C=O) groups excluding carboxylic acids is 1. The lowest BCUT2D eigenvalue weighted by molar-refractivity contribution is 0.0996. The third-order valence-electron chi connectivity index (χ3n) is 4.85. The van der Waals surface area contributed by atoms with E-state index < -0.39 is 0 Å². The van der Waals surface area contributed by atoms with E-state index >= 15 is 0 Å². The van der Waals surface area contributed by atoms with Crippen LogP contribution in [0.4, 0.5) is 0 Å². The van der Waals surface area contributed by atoms with E-state index in [1.165, 1.54) is 18.5 Å². The molecule has 1 aromatic carbocycles. The average molecular weight is 404 g/mol. The largest absolute Gasteiger partial charge is 0.291 e. The van der Waals surface area contributed by atoms with Gasteiger partial charge in [0.25, 0.3) is 5.91 Å². The maximum absolute atomic E-state index is 12.8. The van der Waals surface area contributed by atoms with E-state index in [9.17, 15) is 4.79 Å². The first-order valence-electron chi connectivity index (χ1n) is 8.80. The van der Waals surface area contributed by atoms with Crippen LogP contribution in [0.1, 0.15) is 55.2 Å². The fourth-order valence-corrected chi connectivity index (χ4v) is 3.50. The summed E-state index contributed by atoms with van der Waals surface area (Å²) in [4.78, 5) is 17.3. The molecule has 134 valence electrons. The number of hydrogen-bond donors (Lipinski definition) is 0. The number of benzene rings is 1. The molecule has 3 rings (SSSR count). The van der Waals surface area contributed by atoms with Gasteiger partial charge in [-0.2, -0.15) is 4.99 Å². The van der Waals surface area contributed by atoms with Crippen molar-refractivity contribution in [3.63, 3.8) is 0 Å². The fraction of sp³-hybridized carbons (Fsp3) is 0.500. The zero-order valence-corrected chi connectivity index (χ0v) is 17.2. The molecule has 4 nitrogen and oxygen atoms in total. The highest BCUT2D eigenvalue weighted by atomic mass is 79.9.